The van der Waals surface area contributed by atoms with Crippen LogP contribution in [0.25, 0.3) is 0 Å². The summed E-state index contributed by atoms with van der Waals surface area (Å²) in [6.07, 6.45) is 4.63. The number of hydrogen-bond donors (Lipinski definition) is 0. The van der Waals surface area contributed by atoms with Gasteiger partial charge in [0.25, 0.3) is 0 Å². The zero-order valence-corrected chi connectivity index (χ0v) is 12.2. The molecule has 5 nitrogen and oxygen atoms in total. The van der Waals surface area contributed by atoms with Crippen molar-refractivity contribution in [1.29, 1.82) is 0 Å². The number of carbonyl (C=O) groups excluding carboxylic acids is 1. The summed E-state index contributed by atoms with van der Waals surface area (Å²) in [6, 6.07) is 0. The van der Waals surface area contributed by atoms with Crippen molar-refractivity contribution in [3.63, 3.8) is 0 Å². The number of sulfonamides is 1. The fourth-order valence-electron chi connectivity index (χ4n) is 3.54. The Bertz CT molecular complexity index is 472. The van der Waals surface area contributed by atoms with Crippen LogP contribution in [0.15, 0.2) is 0 Å². The van der Waals surface area contributed by atoms with Crippen LogP contribution in [0.1, 0.15) is 32.1 Å². The summed E-state index contributed by atoms with van der Waals surface area (Å²) in [7, 11) is -1.45. The van der Waals surface area contributed by atoms with E-state index in [1.807, 2.05) is 4.90 Å². The lowest BCUT2D eigenvalue weighted by Crippen LogP contribution is -2.40. The molecule has 2 heterocycles. The van der Waals surface area contributed by atoms with Crippen molar-refractivity contribution in [2.24, 2.45) is 11.8 Å². The third kappa shape index (κ3) is 2.18. The molecule has 0 aromatic rings. The highest BCUT2D eigenvalue weighted by molar-refractivity contribution is 7.90. The molecular formula is C13H22N2O3S. The minimum absolute atomic E-state index is 0.203. The van der Waals surface area contributed by atoms with Crippen LogP contribution >= 0.6 is 0 Å². The van der Waals surface area contributed by atoms with Gasteiger partial charge in [-0.3, -0.25) is 4.79 Å². The molecule has 1 saturated carbocycles. The predicted octanol–water partition coefficient (Wildman–Crippen LogP) is 0.669. The van der Waals surface area contributed by atoms with E-state index in [9.17, 15) is 13.2 Å². The molecule has 1 aliphatic carbocycles. The van der Waals surface area contributed by atoms with Crippen molar-refractivity contribution in [2.75, 3.05) is 26.7 Å². The summed E-state index contributed by atoms with van der Waals surface area (Å²) in [5.41, 5.74) is 0. The molecule has 2 aliphatic heterocycles. The third-order valence-corrected chi connectivity index (χ3v) is 7.46. The standard InChI is InChI=1S/C13H22N2O3S/c1-14-9-11-5-7-15(13(16)10-3-2-4-10)8-6-12(11)19(14,17)18/h10-12H,2-9H2,1H3/t11-,12-/m0/s1. The maximum absolute atomic E-state index is 12.2. The van der Waals surface area contributed by atoms with Gasteiger partial charge in [-0.2, -0.15) is 0 Å². The SMILES string of the molecule is CN1C[C@@H]2CCN(C(=O)C3CCC3)CC[C@@H]2S1(=O)=O. The van der Waals surface area contributed by atoms with Gasteiger partial charge >= 0.3 is 0 Å². The monoisotopic (exact) mass is 286 g/mol. The van der Waals surface area contributed by atoms with E-state index in [1.54, 1.807) is 7.05 Å². The summed E-state index contributed by atoms with van der Waals surface area (Å²) in [6.45, 7) is 1.97. The fourth-order valence-corrected chi connectivity index (χ4v) is 5.51. The summed E-state index contributed by atoms with van der Waals surface area (Å²) in [5, 5.41) is -0.267. The van der Waals surface area contributed by atoms with E-state index in [0.29, 0.717) is 19.5 Å². The van der Waals surface area contributed by atoms with Gasteiger partial charge in [0, 0.05) is 32.6 Å². The number of carbonyl (C=O) groups is 1. The zero-order chi connectivity index (χ0) is 13.6. The normalized spacial score (nSPS) is 35.5. The van der Waals surface area contributed by atoms with Crippen molar-refractivity contribution in [3.8, 4) is 0 Å². The Hall–Kier alpha value is -0.620. The van der Waals surface area contributed by atoms with Gasteiger partial charge in [0.05, 0.1) is 5.25 Å². The molecule has 2 saturated heterocycles. The second-order valence-electron chi connectivity index (χ2n) is 6.15. The van der Waals surface area contributed by atoms with E-state index in [1.165, 1.54) is 4.31 Å². The van der Waals surface area contributed by atoms with Crippen LogP contribution in [0, 0.1) is 11.8 Å². The zero-order valence-electron chi connectivity index (χ0n) is 11.4. The van der Waals surface area contributed by atoms with Crippen molar-refractivity contribution >= 4 is 15.9 Å². The Kier molecular flexibility index (Phi) is 3.33. The van der Waals surface area contributed by atoms with Crippen LogP contribution in [-0.2, 0) is 14.8 Å². The van der Waals surface area contributed by atoms with Crippen molar-refractivity contribution in [3.05, 3.63) is 0 Å². The van der Waals surface area contributed by atoms with Crippen LogP contribution in [-0.4, -0.2) is 55.5 Å². The van der Waals surface area contributed by atoms with Crippen LogP contribution in [0.2, 0.25) is 0 Å². The third-order valence-electron chi connectivity index (χ3n) is 5.05. The van der Waals surface area contributed by atoms with Gasteiger partial charge in [0.2, 0.25) is 15.9 Å². The lowest BCUT2D eigenvalue weighted by atomic mass is 9.84. The van der Waals surface area contributed by atoms with Gasteiger partial charge in [-0.15, -0.1) is 0 Å². The number of fused-ring (bicyclic) bond motifs is 1. The largest absolute Gasteiger partial charge is 0.342 e. The molecule has 19 heavy (non-hydrogen) atoms. The molecule has 3 rings (SSSR count). The molecule has 108 valence electrons. The first-order chi connectivity index (χ1) is 9.00. The van der Waals surface area contributed by atoms with Gasteiger partial charge in [0.15, 0.2) is 0 Å². The Labute approximate surface area is 115 Å². The molecular weight excluding hydrogens is 264 g/mol. The number of likely N-dealkylation sites (tertiary alicyclic amines) is 1. The smallest absolute Gasteiger partial charge is 0.225 e. The lowest BCUT2D eigenvalue weighted by Gasteiger charge is -2.31. The maximum atomic E-state index is 12.2. The van der Waals surface area contributed by atoms with Crippen LogP contribution < -0.4 is 0 Å². The molecule has 0 radical (unpaired) electrons. The van der Waals surface area contributed by atoms with Crippen LogP contribution in [0.3, 0.4) is 0 Å². The summed E-state index contributed by atoms with van der Waals surface area (Å²) in [5.74, 6) is 0.684. The number of nitrogens with zero attached hydrogens (tertiary/aromatic N) is 2. The van der Waals surface area contributed by atoms with E-state index in [4.69, 9.17) is 0 Å². The van der Waals surface area contributed by atoms with E-state index in [2.05, 4.69) is 0 Å². The topological polar surface area (TPSA) is 57.7 Å². The minimum atomic E-state index is -3.11. The Morgan fingerprint density at radius 2 is 1.79 bits per heavy atom. The van der Waals surface area contributed by atoms with Gasteiger partial charge < -0.3 is 4.90 Å². The first kappa shape index (κ1) is 13.4. The molecule has 1 amide bonds. The van der Waals surface area contributed by atoms with Gasteiger partial charge in [0.1, 0.15) is 0 Å². The molecule has 3 aliphatic rings. The Balaban J connectivity index is 1.69. The maximum Gasteiger partial charge on any atom is 0.225 e. The molecule has 3 fully saturated rings. The average molecular weight is 286 g/mol. The second-order valence-corrected chi connectivity index (χ2v) is 8.41. The predicted molar refractivity (Wildman–Crippen MR) is 72.0 cm³/mol. The van der Waals surface area contributed by atoms with E-state index in [0.717, 1.165) is 32.2 Å². The number of hydrogen-bond acceptors (Lipinski definition) is 3. The first-order valence-electron chi connectivity index (χ1n) is 7.24. The van der Waals surface area contributed by atoms with Crippen molar-refractivity contribution < 1.29 is 13.2 Å². The van der Waals surface area contributed by atoms with Crippen molar-refractivity contribution in [1.82, 2.24) is 9.21 Å². The molecule has 0 N–H and O–H groups in total. The number of rotatable bonds is 1. The molecule has 0 bridgehead atoms. The Morgan fingerprint density at radius 1 is 1.11 bits per heavy atom. The lowest BCUT2D eigenvalue weighted by molar-refractivity contribution is -0.138. The second kappa shape index (κ2) is 4.74. The summed E-state index contributed by atoms with van der Waals surface area (Å²) in [4.78, 5) is 14.2. The minimum Gasteiger partial charge on any atom is -0.342 e. The van der Waals surface area contributed by atoms with E-state index >= 15 is 0 Å². The quantitative estimate of drug-likeness (QED) is 0.712. The highest BCUT2D eigenvalue weighted by Crippen LogP contribution is 2.35. The molecule has 0 aromatic carbocycles. The first-order valence-corrected chi connectivity index (χ1v) is 8.74. The van der Waals surface area contributed by atoms with Crippen LogP contribution in [0.5, 0.6) is 0 Å². The average Bonchev–Trinajstić information content (AvgIpc) is 2.47. The highest BCUT2D eigenvalue weighted by atomic mass is 32.2. The highest BCUT2D eigenvalue weighted by Gasteiger charge is 2.45. The molecule has 6 heteroatoms. The van der Waals surface area contributed by atoms with Gasteiger partial charge in [-0.05, 0) is 31.6 Å². The fraction of sp³-hybridized carbons (Fsp3) is 0.923. The van der Waals surface area contributed by atoms with Gasteiger partial charge in [-0.25, -0.2) is 12.7 Å². The van der Waals surface area contributed by atoms with Gasteiger partial charge in [-0.1, -0.05) is 6.42 Å². The van der Waals surface area contributed by atoms with Crippen molar-refractivity contribution in [2.45, 2.75) is 37.4 Å². The molecule has 0 aromatic heterocycles. The van der Waals surface area contributed by atoms with E-state index in [-0.39, 0.29) is 23.0 Å². The number of amides is 1. The summed E-state index contributed by atoms with van der Waals surface area (Å²) >= 11 is 0. The van der Waals surface area contributed by atoms with Crippen LogP contribution in [0.4, 0.5) is 0 Å². The van der Waals surface area contributed by atoms with E-state index < -0.39 is 10.0 Å². The molecule has 0 spiro atoms. The molecule has 2 atom stereocenters. The summed E-state index contributed by atoms with van der Waals surface area (Å²) < 4.78 is 25.9. The molecule has 0 unspecified atom stereocenters. The Morgan fingerprint density at radius 3 is 2.42 bits per heavy atom.